The number of amides is 1. The molecule has 0 bridgehead atoms. The summed E-state index contributed by atoms with van der Waals surface area (Å²) in [5, 5.41) is 10.00. The number of benzene rings is 1. The van der Waals surface area contributed by atoms with Gasteiger partial charge in [-0.2, -0.15) is 0 Å². The van der Waals surface area contributed by atoms with Gasteiger partial charge in [0.25, 0.3) is 0 Å². The van der Waals surface area contributed by atoms with Crippen molar-refractivity contribution in [1.82, 2.24) is 4.90 Å². The molecular weight excluding hydrogens is 301 g/mol. The molecule has 1 aromatic carbocycles. The van der Waals surface area contributed by atoms with E-state index in [1.165, 1.54) is 18.7 Å². The fourth-order valence-corrected chi connectivity index (χ4v) is 2.24. The van der Waals surface area contributed by atoms with Gasteiger partial charge in [0.1, 0.15) is 5.54 Å². The summed E-state index contributed by atoms with van der Waals surface area (Å²) in [7, 11) is 0. The first-order valence-corrected chi connectivity index (χ1v) is 6.93. The molecule has 0 fully saturated rings. The minimum Gasteiger partial charge on any atom is -0.480 e. The number of halogens is 2. The Morgan fingerprint density at radius 3 is 2.30 bits per heavy atom. The molecule has 0 saturated carbocycles. The predicted molar refractivity (Wildman–Crippen MR) is 79.3 cm³/mol. The van der Waals surface area contributed by atoms with Crippen LogP contribution in [0.15, 0.2) is 18.2 Å². The Morgan fingerprint density at radius 2 is 1.85 bits per heavy atom. The lowest BCUT2D eigenvalue weighted by Gasteiger charge is -2.34. The Hall–Kier alpha value is -1.26. The maximum atomic E-state index is 12.3. The molecule has 0 spiro atoms. The van der Waals surface area contributed by atoms with Crippen molar-refractivity contribution in [3.8, 4) is 0 Å². The van der Waals surface area contributed by atoms with Crippen LogP contribution in [0.25, 0.3) is 0 Å². The largest absolute Gasteiger partial charge is 0.480 e. The van der Waals surface area contributed by atoms with E-state index in [4.69, 9.17) is 23.2 Å². The van der Waals surface area contributed by atoms with Gasteiger partial charge in [-0.3, -0.25) is 4.79 Å². The van der Waals surface area contributed by atoms with Crippen LogP contribution in [0.2, 0.25) is 10.0 Å². The summed E-state index contributed by atoms with van der Waals surface area (Å²) in [6.45, 7) is 5.08. The molecule has 0 saturated heterocycles. The second kappa shape index (κ2) is 6.46. The molecule has 0 aliphatic rings. The molecule has 1 amide bonds. The average Bonchev–Trinajstić information content (AvgIpc) is 2.34. The van der Waals surface area contributed by atoms with Gasteiger partial charge in [0.15, 0.2) is 0 Å². The number of nitrogens with zero attached hydrogens (tertiary/aromatic N) is 1. The molecule has 110 valence electrons. The molecule has 1 rings (SSSR count). The summed E-state index contributed by atoms with van der Waals surface area (Å²) >= 11 is 11.7. The van der Waals surface area contributed by atoms with E-state index in [0.717, 1.165) is 0 Å². The van der Waals surface area contributed by atoms with Gasteiger partial charge in [0.05, 0.1) is 16.5 Å². The Balaban J connectivity index is 2.93. The molecule has 20 heavy (non-hydrogen) atoms. The zero-order chi connectivity index (χ0) is 15.5. The molecule has 0 heterocycles. The third-order valence-corrected chi connectivity index (χ3v) is 3.89. The van der Waals surface area contributed by atoms with Gasteiger partial charge in [0.2, 0.25) is 5.91 Å². The van der Waals surface area contributed by atoms with E-state index >= 15 is 0 Å². The van der Waals surface area contributed by atoms with E-state index in [0.29, 0.717) is 22.2 Å². The van der Waals surface area contributed by atoms with E-state index < -0.39 is 11.5 Å². The smallest absolute Gasteiger partial charge is 0.329 e. The topological polar surface area (TPSA) is 57.6 Å². The third kappa shape index (κ3) is 3.64. The second-order valence-corrected chi connectivity index (χ2v) is 5.74. The van der Waals surface area contributed by atoms with Gasteiger partial charge in [-0.25, -0.2) is 4.79 Å². The molecule has 4 nitrogen and oxygen atoms in total. The molecule has 0 unspecified atom stereocenters. The van der Waals surface area contributed by atoms with Gasteiger partial charge >= 0.3 is 5.97 Å². The van der Waals surface area contributed by atoms with Crippen LogP contribution in [0.5, 0.6) is 0 Å². The molecule has 1 aromatic rings. The van der Waals surface area contributed by atoms with Crippen LogP contribution in [-0.2, 0) is 16.0 Å². The summed E-state index contributed by atoms with van der Waals surface area (Å²) < 4.78 is 0. The first-order valence-electron chi connectivity index (χ1n) is 6.18. The Bertz CT molecular complexity index is 529. The first-order chi connectivity index (χ1) is 9.20. The number of hydrogen-bond donors (Lipinski definition) is 1. The highest BCUT2D eigenvalue weighted by molar-refractivity contribution is 6.42. The average molecular weight is 318 g/mol. The zero-order valence-corrected chi connectivity index (χ0v) is 13.1. The van der Waals surface area contributed by atoms with Crippen molar-refractivity contribution >= 4 is 35.1 Å². The summed E-state index contributed by atoms with van der Waals surface area (Å²) in [6, 6.07) is 4.93. The molecule has 6 heteroatoms. The minimum absolute atomic E-state index is 0.0848. The quantitative estimate of drug-likeness (QED) is 0.906. The van der Waals surface area contributed by atoms with Crippen LogP contribution >= 0.6 is 23.2 Å². The van der Waals surface area contributed by atoms with Crippen molar-refractivity contribution in [2.75, 3.05) is 6.54 Å². The van der Waals surface area contributed by atoms with E-state index in [1.54, 1.807) is 25.1 Å². The standard InChI is InChI=1S/C14H17Cl2NO3/c1-4-17(14(2,3)13(19)20)12(18)8-9-5-6-10(15)11(16)7-9/h5-7H,4,8H2,1-3H3,(H,19,20). The highest BCUT2D eigenvalue weighted by atomic mass is 35.5. The maximum Gasteiger partial charge on any atom is 0.329 e. The van der Waals surface area contributed by atoms with Gasteiger partial charge < -0.3 is 10.0 Å². The van der Waals surface area contributed by atoms with Crippen molar-refractivity contribution in [1.29, 1.82) is 0 Å². The number of hydrogen-bond acceptors (Lipinski definition) is 2. The van der Waals surface area contributed by atoms with Gasteiger partial charge in [-0.05, 0) is 38.5 Å². The normalized spacial score (nSPS) is 11.2. The monoisotopic (exact) mass is 317 g/mol. The Morgan fingerprint density at radius 1 is 1.25 bits per heavy atom. The molecule has 0 aliphatic heterocycles. The van der Waals surface area contributed by atoms with E-state index in [-0.39, 0.29) is 12.3 Å². The zero-order valence-electron chi connectivity index (χ0n) is 11.6. The minimum atomic E-state index is -1.25. The van der Waals surface area contributed by atoms with Crippen LogP contribution in [0, 0.1) is 0 Å². The van der Waals surface area contributed by atoms with Gasteiger partial charge in [0, 0.05) is 6.54 Å². The Kier molecular flexibility index (Phi) is 5.42. The predicted octanol–water partition coefficient (Wildman–Crippen LogP) is 3.25. The second-order valence-electron chi connectivity index (χ2n) is 4.93. The highest BCUT2D eigenvalue weighted by Gasteiger charge is 2.36. The molecule has 0 radical (unpaired) electrons. The molecule has 0 aliphatic carbocycles. The summed E-state index contributed by atoms with van der Waals surface area (Å²) in [4.78, 5) is 24.9. The van der Waals surface area contributed by atoms with Crippen LogP contribution in [0.1, 0.15) is 26.3 Å². The molecular formula is C14H17Cl2NO3. The van der Waals surface area contributed by atoms with Gasteiger partial charge in [-0.15, -0.1) is 0 Å². The summed E-state index contributed by atoms with van der Waals surface area (Å²) in [5.41, 5.74) is -0.550. The van der Waals surface area contributed by atoms with Crippen LogP contribution < -0.4 is 0 Å². The molecule has 0 atom stereocenters. The number of likely N-dealkylation sites (N-methyl/N-ethyl adjacent to an activating group) is 1. The van der Waals surface area contributed by atoms with E-state index in [9.17, 15) is 14.7 Å². The number of carboxylic acids is 1. The van der Waals surface area contributed by atoms with Crippen molar-refractivity contribution in [2.45, 2.75) is 32.7 Å². The summed E-state index contributed by atoms with van der Waals surface area (Å²) in [6.07, 6.45) is 0.0848. The fourth-order valence-electron chi connectivity index (χ4n) is 1.92. The number of carboxylic acid groups (broad SMARTS) is 1. The lowest BCUT2D eigenvalue weighted by molar-refractivity contribution is -0.156. The summed E-state index contributed by atoms with van der Waals surface area (Å²) in [5.74, 6) is -1.31. The molecule has 0 aromatic heterocycles. The van der Waals surface area contributed by atoms with Crippen molar-refractivity contribution < 1.29 is 14.7 Å². The van der Waals surface area contributed by atoms with Gasteiger partial charge in [-0.1, -0.05) is 29.3 Å². The first kappa shape index (κ1) is 16.8. The number of carbonyl (C=O) groups excluding carboxylic acids is 1. The van der Waals surface area contributed by atoms with Crippen LogP contribution in [0.3, 0.4) is 0 Å². The van der Waals surface area contributed by atoms with Crippen molar-refractivity contribution in [2.24, 2.45) is 0 Å². The maximum absolute atomic E-state index is 12.3. The lowest BCUT2D eigenvalue weighted by Crippen LogP contribution is -2.53. The van der Waals surface area contributed by atoms with E-state index in [2.05, 4.69) is 0 Å². The molecule has 1 N–H and O–H groups in total. The van der Waals surface area contributed by atoms with Crippen molar-refractivity contribution in [3.63, 3.8) is 0 Å². The van der Waals surface area contributed by atoms with Crippen LogP contribution in [0.4, 0.5) is 0 Å². The SMILES string of the molecule is CCN(C(=O)Cc1ccc(Cl)c(Cl)c1)C(C)(C)C(=O)O. The number of aliphatic carboxylic acids is 1. The number of rotatable bonds is 5. The van der Waals surface area contributed by atoms with Crippen LogP contribution in [-0.4, -0.2) is 34.0 Å². The number of carbonyl (C=O) groups is 2. The van der Waals surface area contributed by atoms with E-state index in [1.807, 2.05) is 0 Å². The Labute approximate surface area is 128 Å². The van der Waals surface area contributed by atoms with Crippen molar-refractivity contribution in [3.05, 3.63) is 33.8 Å². The third-order valence-electron chi connectivity index (χ3n) is 3.15. The highest BCUT2D eigenvalue weighted by Crippen LogP contribution is 2.24. The lowest BCUT2D eigenvalue weighted by atomic mass is 10.0. The fraction of sp³-hybridized carbons (Fsp3) is 0.429.